The van der Waals surface area contributed by atoms with Crippen molar-refractivity contribution in [3.8, 4) is 16.9 Å². The Morgan fingerprint density at radius 3 is 1.98 bits per heavy atom. The second-order valence-electron chi connectivity index (χ2n) is 10.8. The minimum atomic E-state index is -4.06. The lowest BCUT2D eigenvalue weighted by Crippen LogP contribution is -2.32. The lowest BCUT2D eigenvalue weighted by Gasteiger charge is -2.25. The number of hydrogen-bond acceptors (Lipinski definition) is 8. The fourth-order valence-electron chi connectivity index (χ4n) is 5.68. The minimum absolute atomic E-state index is 0.0216. The van der Waals surface area contributed by atoms with Gasteiger partial charge in [0, 0.05) is 5.92 Å². The summed E-state index contributed by atoms with van der Waals surface area (Å²) in [6.45, 7) is 3.90. The van der Waals surface area contributed by atoms with Gasteiger partial charge in [0.1, 0.15) is 17.3 Å². The summed E-state index contributed by atoms with van der Waals surface area (Å²) in [5.74, 6) is -2.59. The van der Waals surface area contributed by atoms with E-state index in [4.69, 9.17) is 19.4 Å². The van der Waals surface area contributed by atoms with Crippen LogP contribution in [-0.2, 0) is 29.2 Å². The van der Waals surface area contributed by atoms with Crippen LogP contribution in [0.5, 0.6) is 5.75 Å². The first-order valence-electron chi connectivity index (χ1n) is 14.5. The summed E-state index contributed by atoms with van der Waals surface area (Å²) in [6.07, 6.45) is -0.0841. The van der Waals surface area contributed by atoms with Crippen LogP contribution in [0.15, 0.2) is 102 Å². The highest BCUT2D eigenvalue weighted by atomic mass is 32.2. The van der Waals surface area contributed by atoms with Crippen LogP contribution in [0.1, 0.15) is 47.4 Å². The van der Waals surface area contributed by atoms with Crippen LogP contribution >= 0.6 is 0 Å². The van der Waals surface area contributed by atoms with Gasteiger partial charge in [0.25, 0.3) is 0 Å². The van der Waals surface area contributed by atoms with Crippen molar-refractivity contribution in [2.24, 2.45) is 11.7 Å². The lowest BCUT2D eigenvalue weighted by atomic mass is 9.83. The zero-order chi connectivity index (χ0) is 31.3. The first-order valence-corrected chi connectivity index (χ1v) is 15.9. The van der Waals surface area contributed by atoms with Gasteiger partial charge in [-0.1, -0.05) is 78.4 Å². The molecule has 1 aliphatic carbocycles. The number of aryl methyl sites for hydroxylation is 1. The van der Waals surface area contributed by atoms with E-state index >= 15 is 0 Å². The maximum Gasteiger partial charge on any atom is 0.339 e. The molecule has 0 aromatic heterocycles. The van der Waals surface area contributed by atoms with Crippen LogP contribution in [0, 0.1) is 12.8 Å². The SMILES string of the molecule is CCOC(=O)CC(CN)C(C(=O)OCC1c2ccccc2-c2ccccc21)c1ccc(OS(=O)(=O)c2ccc(C)cc2)cc1. The number of benzene rings is 4. The van der Waals surface area contributed by atoms with Crippen LogP contribution in [0.4, 0.5) is 0 Å². The normalized spacial score (nSPS) is 13.8. The van der Waals surface area contributed by atoms with Crippen molar-refractivity contribution in [3.63, 3.8) is 0 Å². The third-order valence-electron chi connectivity index (χ3n) is 7.87. The Kier molecular flexibility index (Phi) is 9.46. The molecule has 0 saturated carbocycles. The fraction of sp³-hybridized carbons (Fsp3) is 0.257. The summed E-state index contributed by atoms with van der Waals surface area (Å²) in [5.41, 5.74) is 11.9. The van der Waals surface area contributed by atoms with E-state index in [1.165, 1.54) is 24.3 Å². The van der Waals surface area contributed by atoms with Crippen LogP contribution < -0.4 is 9.92 Å². The second-order valence-corrected chi connectivity index (χ2v) is 12.3. The van der Waals surface area contributed by atoms with Gasteiger partial charge in [0.05, 0.1) is 18.9 Å². The molecular formula is C35H35NO7S. The number of fused-ring (bicyclic) bond motifs is 3. The first-order chi connectivity index (χ1) is 21.2. The van der Waals surface area contributed by atoms with Gasteiger partial charge in [-0.3, -0.25) is 9.59 Å². The molecule has 44 heavy (non-hydrogen) atoms. The quantitative estimate of drug-likeness (QED) is 0.159. The monoisotopic (exact) mass is 613 g/mol. The average molecular weight is 614 g/mol. The zero-order valence-corrected chi connectivity index (χ0v) is 25.5. The highest BCUT2D eigenvalue weighted by Gasteiger charge is 2.35. The fourth-order valence-corrected chi connectivity index (χ4v) is 6.61. The van der Waals surface area contributed by atoms with Gasteiger partial charge >= 0.3 is 22.1 Å². The second kappa shape index (κ2) is 13.4. The zero-order valence-electron chi connectivity index (χ0n) is 24.6. The topological polar surface area (TPSA) is 122 Å². The summed E-state index contributed by atoms with van der Waals surface area (Å²) < 4.78 is 42.1. The Morgan fingerprint density at radius 2 is 1.41 bits per heavy atom. The molecule has 0 bridgehead atoms. The van der Waals surface area contributed by atoms with E-state index in [1.54, 1.807) is 31.2 Å². The summed E-state index contributed by atoms with van der Waals surface area (Å²) in [4.78, 5) is 26.3. The van der Waals surface area contributed by atoms with Gasteiger partial charge in [-0.05, 0) is 78.4 Å². The van der Waals surface area contributed by atoms with Crippen molar-refractivity contribution in [2.75, 3.05) is 19.8 Å². The third-order valence-corrected chi connectivity index (χ3v) is 9.13. The molecule has 9 heteroatoms. The Hall–Kier alpha value is -4.47. The molecule has 0 radical (unpaired) electrons. The van der Waals surface area contributed by atoms with E-state index < -0.39 is 33.9 Å². The predicted molar refractivity (Wildman–Crippen MR) is 167 cm³/mol. The number of carbonyl (C=O) groups excluding carboxylic acids is 2. The molecule has 8 nitrogen and oxygen atoms in total. The predicted octanol–water partition coefficient (Wildman–Crippen LogP) is 5.73. The van der Waals surface area contributed by atoms with Crippen molar-refractivity contribution in [3.05, 3.63) is 119 Å². The molecule has 2 unspecified atom stereocenters. The number of rotatable bonds is 12. The third kappa shape index (κ3) is 6.69. The van der Waals surface area contributed by atoms with E-state index in [1.807, 2.05) is 43.3 Å². The number of hydrogen-bond donors (Lipinski definition) is 1. The molecule has 0 saturated heterocycles. The molecule has 1 aliphatic rings. The van der Waals surface area contributed by atoms with Crippen LogP contribution in [0.25, 0.3) is 11.1 Å². The number of nitrogens with two attached hydrogens (primary N) is 1. The van der Waals surface area contributed by atoms with E-state index in [0.717, 1.165) is 27.8 Å². The van der Waals surface area contributed by atoms with Crippen LogP contribution in [0.3, 0.4) is 0 Å². The minimum Gasteiger partial charge on any atom is -0.466 e. The first kappa shape index (κ1) is 31.0. The Morgan fingerprint density at radius 1 is 0.818 bits per heavy atom. The average Bonchev–Trinajstić information content (AvgIpc) is 3.34. The molecule has 4 aromatic carbocycles. The maximum absolute atomic E-state index is 13.8. The lowest BCUT2D eigenvalue weighted by molar-refractivity contribution is -0.149. The molecule has 0 heterocycles. The Balaban J connectivity index is 1.39. The standard InChI is InChI=1S/C35H35NO7S/c1-3-41-33(37)20-25(21-36)34(24-14-16-26(17-15-24)43-44(39,40)27-18-12-23(2)13-19-27)35(38)42-22-32-30-10-6-4-8-28(30)29-9-5-7-11-31(29)32/h4-19,25,32,34H,3,20-22,36H2,1-2H3. The summed E-state index contributed by atoms with van der Waals surface area (Å²) in [7, 11) is -4.06. The smallest absolute Gasteiger partial charge is 0.339 e. The highest BCUT2D eigenvalue weighted by Crippen LogP contribution is 2.45. The summed E-state index contributed by atoms with van der Waals surface area (Å²) >= 11 is 0. The van der Waals surface area contributed by atoms with Gasteiger partial charge in [0.2, 0.25) is 0 Å². The van der Waals surface area contributed by atoms with Crippen molar-refractivity contribution in [1.82, 2.24) is 0 Å². The molecule has 5 rings (SSSR count). The van der Waals surface area contributed by atoms with Crippen molar-refractivity contribution in [2.45, 2.75) is 37.0 Å². The van der Waals surface area contributed by atoms with E-state index in [9.17, 15) is 18.0 Å². The summed E-state index contributed by atoms with van der Waals surface area (Å²) in [5, 5.41) is 0. The molecule has 0 amide bonds. The van der Waals surface area contributed by atoms with Crippen molar-refractivity contribution in [1.29, 1.82) is 0 Å². The number of ether oxygens (including phenoxy) is 2. The van der Waals surface area contributed by atoms with Gasteiger partial charge < -0.3 is 19.4 Å². The molecule has 2 N–H and O–H groups in total. The Labute approximate surface area is 257 Å². The molecule has 0 aliphatic heterocycles. The summed E-state index contributed by atoms with van der Waals surface area (Å²) in [6, 6.07) is 28.6. The highest BCUT2D eigenvalue weighted by molar-refractivity contribution is 7.87. The largest absolute Gasteiger partial charge is 0.466 e. The van der Waals surface area contributed by atoms with E-state index in [2.05, 4.69) is 12.1 Å². The van der Waals surface area contributed by atoms with Gasteiger partial charge in [-0.2, -0.15) is 8.42 Å². The maximum atomic E-state index is 13.8. The molecule has 228 valence electrons. The molecule has 2 atom stereocenters. The van der Waals surface area contributed by atoms with Crippen LogP contribution in [-0.4, -0.2) is 40.1 Å². The Bertz CT molecular complexity index is 1690. The molecular weight excluding hydrogens is 578 g/mol. The molecule has 0 fully saturated rings. The number of esters is 2. The molecule has 4 aromatic rings. The van der Waals surface area contributed by atoms with Crippen LogP contribution in [0.2, 0.25) is 0 Å². The molecule has 0 spiro atoms. The van der Waals surface area contributed by atoms with E-state index in [0.29, 0.717) is 5.56 Å². The van der Waals surface area contributed by atoms with Gasteiger partial charge in [-0.25, -0.2) is 0 Å². The van der Waals surface area contributed by atoms with Crippen molar-refractivity contribution < 1.29 is 31.7 Å². The van der Waals surface area contributed by atoms with E-state index in [-0.39, 0.29) is 42.7 Å². The van der Waals surface area contributed by atoms with Gasteiger partial charge in [0.15, 0.2) is 0 Å². The number of carbonyl (C=O) groups is 2. The van der Waals surface area contributed by atoms with Crippen molar-refractivity contribution >= 4 is 22.1 Å². The van der Waals surface area contributed by atoms with Gasteiger partial charge in [-0.15, -0.1) is 0 Å².